The molecular formula is C29H36N2O2. The molecule has 2 aromatic carbocycles. The third-order valence-electron chi connectivity index (χ3n) is 7.56. The van der Waals surface area contributed by atoms with Crippen LogP contribution in [0.25, 0.3) is 11.3 Å². The Morgan fingerprint density at radius 3 is 2.21 bits per heavy atom. The topological polar surface area (TPSA) is 57.2 Å². The average Bonchev–Trinajstić information content (AvgIpc) is 3.12. The number of carbonyl (C=O) groups is 1. The molecule has 174 valence electrons. The quantitative estimate of drug-likeness (QED) is 0.495. The molecule has 1 aliphatic rings. The predicted octanol–water partition coefficient (Wildman–Crippen LogP) is 6.16. The minimum Gasteiger partial charge on any atom is -0.497 e. The van der Waals surface area contributed by atoms with E-state index in [0.717, 1.165) is 35.7 Å². The van der Waals surface area contributed by atoms with Crippen molar-refractivity contribution < 1.29 is 9.53 Å². The second kappa shape index (κ2) is 8.40. The zero-order chi connectivity index (χ0) is 24.0. The molecule has 2 N–H and O–H groups in total. The summed E-state index contributed by atoms with van der Waals surface area (Å²) in [6.45, 7) is 12.1. The first-order valence-electron chi connectivity index (χ1n) is 11.8. The van der Waals surface area contributed by atoms with Gasteiger partial charge in [0.05, 0.1) is 12.7 Å². The summed E-state index contributed by atoms with van der Waals surface area (Å²) in [4.78, 5) is 12.2. The van der Waals surface area contributed by atoms with Crippen LogP contribution in [0.4, 0.5) is 0 Å². The van der Waals surface area contributed by atoms with Crippen LogP contribution in [0.15, 0.2) is 48.5 Å². The van der Waals surface area contributed by atoms with Crippen LogP contribution < -0.4 is 10.5 Å². The van der Waals surface area contributed by atoms with E-state index < -0.39 is 0 Å². The number of ether oxygens (including phenoxy) is 1. The Kier molecular flexibility index (Phi) is 5.90. The summed E-state index contributed by atoms with van der Waals surface area (Å²) >= 11 is 0. The zero-order valence-electron chi connectivity index (χ0n) is 20.8. The predicted molar refractivity (Wildman–Crippen MR) is 135 cm³/mol. The van der Waals surface area contributed by atoms with Crippen LogP contribution in [0.1, 0.15) is 73.3 Å². The van der Waals surface area contributed by atoms with Crippen LogP contribution in [-0.4, -0.2) is 17.6 Å². The fourth-order valence-corrected chi connectivity index (χ4v) is 5.20. The van der Waals surface area contributed by atoms with Crippen LogP contribution in [0.3, 0.4) is 0 Å². The molecule has 0 radical (unpaired) electrons. The van der Waals surface area contributed by atoms with Crippen molar-refractivity contribution in [1.82, 2.24) is 4.57 Å². The van der Waals surface area contributed by atoms with E-state index in [-0.39, 0.29) is 16.7 Å². The van der Waals surface area contributed by atoms with Gasteiger partial charge in [-0.05, 0) is 83.5 Å². The smallest absolute Gasteiger partial charge is 0.250 e. The number of nitrogens with two attached hydrogens (primary N) is 1. The van der Waals surface area contributed by atoms with Gasteiger partial charge in [-0.15, -0.1) is 0 Å². The second-order valence-corrected chi connectivity index (χ2v) is 10.7. The molecule has 0 saturated carbocycles. The van der Waals surface area contributed by atoms with Crippen molar-refractivity contribution in [3.05, 3.63) is 76.5 Å². The van der Waals surface area contributed by atoms with Crippen LogP contribution in [0, 0.1) is 6.92 Å². The molecule has 0 unspecified atom stereocenters. The van der Waals surface area contributed by atoms with Gasteiger partial charge < -0.3 is 15.0 Å². The van der Waals surface area contributed by atoms with E-state index in [1.54, 1.807) is 7.11 Å². The molecule has 0 saturated heterocycles. The molecular weight excluding hydrogens is 408 g/mol. The van der Waals surface area contributed by atoms with Gasteiger partial charge in [0.15, 0.2) is 0 Å². The Balaban J connectivity index is 1.76. The Labute approximate surface area is 197 Å². The van der Waals surface area contributed by atoms with Crippen LogP contribution in [0.5, 0.6) is 5.75 Å². The van der Waals surface area contributed by atoms with E-state index in [2.05, 4.69) is 62.6 Å². The van der Waals surface area contributed by atoms with Gasteiger partial charge in [0.25, 0.3) is 5.91 Å². The lowest BCUT2D eigenvalue weighted by Crippen LogP contribution is -2.33. The lowest BCUT2D eigenvalue weighted by Gasteiger charge is -2.42. The number of rotatable bonds is 6. The number of nitrogens with zero attached hydrogens (tertiary/aromatic N) is 1. The van der Waals surface area contributed by atoms with E-state index in [9.17, 15) is 4.79 Å². The number of benzene rings is 2. The van der Waals surface area contributed by atoms with Crippen molar-refractivity contribution in [2.75, 3.05) is 7.11 Å². The molecule has 3 aromatic rings. The van der Waals surface area contributed by atoms with Gasteiger partial charge in [-0.2, -0.15) is 0 Å². The number of aromatic nitrogens is 1. The van der Waals surface area contributed by atoms with Crippen LogP contribution in [-0.2, 0) is 23.8 Å². The van der Waals surface area contributed by atoms with Gasteiger partial charge in [-0.1, -0.05) is 52.0 Å². The number of carbonyl (C=O) groups excluding carboxylic acids is 1. The van der Waals surface area contributed by atoms with E-state index in [1.807, 2.05) is 25.1 Å². The largest absolute Gasteiger partial charge is 0.497 e. The molecule has 0 fully saturated rings. The fourth-order valence-electron chi connectivity index (χ4n) is 5.20. The normalized spacial score (nSPS) is 16.3. The molecule has 33 heavy (non-hydrogen) atoms. The number of primary amides is 1. The maximum atomic E-state index is 12.2. The minimum atomic E-state index is -0.378. The highest BCUT2D eigenvalue weighted by Gasteiger charge is 2.37. The second-order valence-electron chi connectivity index (χ2n) is 10.7. The monoisotopic (exact) mass is 444 g/mol. The van der Waals surface area contributed by atoms with Crippen molar-refractivity contribution >= 4 is 5.91 Å². The van der Waals surface area contributed by atoms with E-state index in [0.29, 0.717) is 5.56 Å². The first-order chi connectivity index (χ1) is 15.5. The Morgan fingerprint density at radius 2 is 1.61 bits per heavy atom. The van der Waals surface area contributed by atoms with Crippen molar-refractivity contribution in [3.63, 3.8) is 0 Å². The Bertz CT molecular complexity index is 1180. The van der Waals surface area contributed by atoms with Crippen molar-refractivity contribution in [1.29, 1.82) is 0 Å². The number of hydrogen-bond donors (Lipinski definition) is 1. The van der Waals surface area contributed by atoms with E-state index in [1.165, 1.54) is 29.5 Å². The average molecular weight is 445 g/mol. The van der Waals surface area contributed by atoms with Crippen LogP contribution in [0.2, 0.25) is 0 Å². The van der Waals surface area contributed by atoms with Gasteiger partial charge in [0, 0.05) is 17.9 Å². The third kappa shape index (κ3) is 4.31. The van der Waals surface area contributed by atoms with Crippen molar-refractivity contribution in [2.24, 2.45) is 5.73 Å². The number of aryl methyl sites for hydroxylation is 1. The molecule has 1 aliphatic carbocycles. The highest BCUT2D eigenvalue weighted by molar-refractivity contribution is 5.95. The minimum absolute atomic E-state index is 0.128. The Hall–Kier alpha value is -3.01. The lowest BCUT2D eigenvalue weighted by atomic mass is 9.63. The van der Waals surface area contributed by atoms with E-state index in [4.69, 9.17) is 10.5 Å². The molecule has 0 atom stereocenters. The molecule has 1 heterocycles. The maximum Gasteiger partial charge on any atom is 0.250 e. The van der Waals surface area contributed by atoms with Crippen molar-refractivity contribution in [2.45, 2.75) is 71.3 Å². The van der Waals surface area contributed by atoms with Gasteiger partial charge in [0.2, 0.25) is 0 Å². The summed E-state index contributed by atoms with van der Waals surface area (Å²) in [6, 6.07) is 17.0. The first-order valence-corrected chi connectivity index (χ1v) is 11.8. The number of amides is 1. The number of methoxy groups -OCH3 is 1. The third-order valence-corrected chi connectivity index (χ3v) is 7.56. The summed E-state index contributed by atoms with van der Waals surface area (Å²) in [5, 5.41) is 0. The molecule has 0 spiro atoms. The van der Waals surface area contributed by atoms with Gasteiger partial charge in [-0.3, -0.25) is 4.79 Å². The molecule has 1 amide bonds. The molecule has 4 rings (SSSR count). The standard InChI is InChI=1S/C29H36N2O2/c1-19-23(27(30)32)18-26(31(19)16-13-20-7-10-22(33-6)11-8-20)21-9-12-24-25(17-21)29(4,5)15-14-28(24,2)3/h7-12,17-18H,13-16H2,1-6H3,(H2,30,32). The molecule has 4 heteroatoms. The van der Waals surface area contributed by atoms with Crippen LogP contribution >= 0.6 is 0 Å². The SMILES string of the molecule is COc1ccc(CCn2c(-c3ccc4c(c3)C(C)(C)CCC4(C)C)cc(C(N)=O)c2C)cc1. The Morgan fingerprint density at radius 1 is 0.970 bits per heavy atom. The summed E-state index contributed by atoms with van der Waals surface area (Å²) < 4.78 is 7.52. The van der Waals surface area contributed by atoms with Gasteiger partial charge in [-0.25, -0.2) is 0 Å². The molecule has 0 aliphatic heterocycles. The number of fused-ring (bicyclic) bond motifs is 1. The summed E-state index contributed by atoms with van der Waals surface area (Å²) in [6.07, 6.45) is 3.21. The zero-order valence-corrected chi connectivity index (χ0v) is 20.8. The van der Waals surface area contributed by atoms with Gasteiger partial charge in [0.1, 0.15) is 5.75 Å². The molecule has 1 aromatic heterocycles. The summed E-state index contributed by atoms with van der Waals surface area (Å²) in [5.41, 5.74) is 13.8. The van der Waals surface area contributed by atoms with Crippen molar-refractivity contribution in [3.8, 4) is 17.0 Å². The highest BCUT2D eigenvalue weighted by Crippen LogP contribution is 2.47. The fraction of sp³-hybridized carbons (Fsp3) is 0.414. The van der Waals surface area contributed by atoms with Gasteiger partial charge >= 0.3 is 0 Å². The first kappa shape index (κ1) is 23.2. The summed E-state index contributed by atoms with van der Waals surface area (Å²) in [7, 11) is 1.68. The number of hydrogen-bond acceptors (Lipinski definition) is 2. The molecule has 4 nitrogen and oxygen atoms in total. The molecule has 0 bridgehead atoms. The highest BCUT2D eigenvalue weighted by atomic mass is 16.5. The van der Waals surface area contributed by atoms with E-state index >= 15 is 0 Å². The lowest BCUT2D eigenvalue weighted by molar-refractivity contribution is 0.0999. The summed E-state index contributed by atoms with van der Waals surface area (Å²) in [5.74, 6) is 0.476. The maximum absolute atomic E-state index is 12.2.